The number of aromatic nitrogens is 2. The number of piperidine rings is 1. The maximum Gasteiger partial charge on any atom is 0.410 e. The Labute approximate surface area is 375 Å². The number of ether oxygens (including phenoxy) is 4. The summed E-state index contributed by atoms with van der Waals surface area (Å²) < 4.78 is 41.8. The second-order valence-electron chi connectivity index (χ2n) is 21.0. The van der Waals surface area contributed by atoms with Gasteiger partial charge in [-0.3, -0.25) is 0 Å². The highest BCUT2D eigenvalue weighted by atomic mass is 28.3. The highest BCUT2D eigenvalue weighted by molar-refractivity contribution is 6.90. The molecule has 1 amide bonds. The third-order valence-electron chi connectivity index (χ3n) is 14.6. The van der Waals surface area contributed by atoms with Crippen LogP contribution in [0.4, 0.5) is 9.18 Å². The molecule has 1 aromatic heterocycles. The first kappa shape index (κ1) is 45.3. The third kappa shape index (κ3) is 9.19. The standard InChI is InChI=1S/C52H69FN4O5Si/c1-33(2)63(34(3)4,35(5)6)25-20-36-14-13-15-37-28-41(61-32-59-10)29-44(45(36)37)42-18-19-43-47(38-26-39-16-17-40(27-38)57(39)50(58)62-51(7,8)9)54-49(55-48(43)46(42)53)60-31-52(21-22-52)30-56-23-11-12-24-56/h13-15,18-19,28-29,33-35,38-40H,11-12,16-17,21-24,26-27,30-32H2,1-10H3. The molecular formula is C52H69FN4O5Si. The van der Waals surface area contributed by atoms with Gasteiger partial charge in [0.15, 0.2) is 12.6 Å². The summed E-state index contributed by atoms with van der Waals surface area (Å²) in [7, 11) is -0.501. The van der Waals surface area contributed by atoms with Gasteiger partial charge in [0.25, 0.3) is 0 Å². The Morgan fingerprint density at radius 1 is 0.921 bits per heavy atom. The van der Waals surface area contributed by atoms with Gasteiger partial charge >= 0.3 is 12.1 Å². The first-order valence-electron chi connectivity index (χ1n) is 23.6. The summed E-state index contributed by atoms with van der Waals surface area (Å²) in [5, 5.41) is 2.46. The normalized spacial score (nSPS) is 21.1. The zero-order valence-electron chi connectivity index (χ0n) is 39.4. The van der Waals surface area contributed by atoms with Gasteiger partial charge in [-0.25, -0.2) is 9.18 Å². The lowest BCUT2D eigenvalue weighted by molar-refractivity contribution is 0.00571. The highest BCUT2D eigenvalue weighted by Crippen LogP contribution is 2.49. The lowest BCUT2D eigenvalue weighted by Gasteiger charge is -2.39. The van der Waals surface area contributed by atoms with Crippen molar-refractivity contribution in [2.24, 2.45) is 5.41 Å². The summed E-state index contributed by atoms with van der Waals surface area (Å²) in [6.45, 7) is 23.5. The molecule has 9 nitrogen and oxygen atoms in total. The van der Waals surface area contributed by atoms with Gasteiger partial charge in [-0.05, 0) is 131 Å². The third-order valence-corrected chi connectivity index (χ3v) is 20.9. The number of benzene rings is 3. The molecule has 3 aromatic carbocycles. The van der Waals surface area contributed by atoms with Crippen molar-refractivity contribution in [1.82, 2.24) is 19.8 Å². The van der Waals surface area contributed by atoms with Gasteiger partial charge in [-0.2, -0.15) is 9.97 Å². The molecule has 63 heavy (non-hydrogen) atoms. The van der Waals surface area contributed by atoms with Gasteiger partial charge in [0.05, 0.1) is 12.3 Å². The molecule has 2 unspecified atom stereocenters. The van der Waals surface area contributed by atoms with Crippen LogP contribution in [0.15, 0.2) is 42.5 Å². The number of carbonyl (C=O) groups is 1. The van der Waals surface area contributed by atoms with Crippen LogP contribution in [0.5, 0.6) is 11.8 Å². The first-order valence-corrected chi connectivity index (χ1v) is 25.8. The van der Waals surface area contributed by atoms with E-state index in [1.54, 1.807) is 7.11 Å². The van der Waals surface area contributed by atoms with Crippen molar-refractivity contribution in [3.63, 3.8) is 0 Å². The Morgan fingerprint density at radius 2 is 1.60 bits per heavy atom. The molecule has 2 bridgehead atoms. The van der Waals surface area contributed by atoms with Crippen LogP contribution < -0.4 is 9.47 Å². The monoisotopic (exact) mass is 877 g/mol. The summed E-state index contributed by atoms with van der Waals surface area (Å²) in [5.41, 5.74) is 7.79. The fourth-order valence-corrected chi connectivity index (χ4v) is 16.7. The van der Waals surface area contributed by atoms with Gasteiger partial charge in [0.2, 0.25) is 0 Å². The van der Waals surface area contributed by atoms with Crippen molar-refractivity contribution in [1.29, 1.82) is 0 Å². The quantitative estimate of drug-likeness (QED) is 0.0746. The van der Waals surface area contributed by atoms with Crippen molar-refractivity contribution in [3.8, 4) is 34.4 Å². The Kier molecular flexibility index (Phi) is 12.9. The van der Waals surface area contributed by atoms with Crippen LogP contribution in [-0.2, 0) is 9.47 Å². The molecule has 2 atom stereocenters. The largest absolute Gasteiger partial charge is 0.468 e. The van der Waals surface area contributed by atoms with Crippen LogP contribution in [0, 0.1) is 22.7 Å². The number of hydrogen-bond donors (Lipinski definition) is 0. The van der Waals surface area contributed by atoms with Crippen molar-refractivity contribution < 1.29 is 28.1 Å². The number of hydrogen-bond acceptors (Lipinski definition) is 8. The van der Waals surface area contributed by atoms with E-state index in [0.717, 1.165) is 67.3 Å². The molecular weight excluding hydrogens is 808 g/mol. The average molecular weight is 877 g/mol. The fourth-order valence-electron chi connectivity index (χ4n) is 11.5. The van der Waals surface area contributed by atoms with E-state index in [9.17, 15) is 4.79 Å². The summed E-state index contributed by atoms with van der Waals surface area (Å²) in [4.78, 5) is 28.1. The lowest BCUT2D eigenvalue weighted by atomic mass is 9.86. The molecule has 4 aromatic rings. The Morgan fingerprint density at radius 3 is 2.22 bits per heavy atom. The van der Waals surface area contributed by atoms with Gasteiger partial charge in [-0.15, -0.1) is 5.54 Å². The molecule has 4 fully saturated rings. The average Bonchev–Trinajstić information content (AvgIpc) is 3.68. The van der Waals surface area contributed by atoms with E-state index in [1.807, 2.05) is 62.1 Å². The van der Waals surface area contributed by atoms with Crippen LogP contribution in [0.1, 0.15) is 131 Å². The van der Waals surface area contributed by atoms with E-state index in [2.05, 4.69) is 64.0 Å². The van der Waals surface area contributed by atoms with Crippen molar-refractivity contribution >= 4 is 35.8 Å². The van der Waals surface area contributed by atoms with Crippen LogP contribution in [0.2, 0.25) is 16.6 Å². The number of fused-ring (bicyclic) bond motifs is 4. The van der Waals surface area contributed by atoms with E-state index < -0.39 is 19.5 Å². The van der Waals surface area contributed by atoms with Crippen LogP contribution in [0.3, 0.4) is 0 Å². The Hall–Kier alpha value is -4.24. The number of carbonyl (C=O) groups excluding carboxylic acids is 1. The number of methoxy groups -OCH3 is 1. The number of rotatable bonds is 13. The molecule has 8 rings (SSSR count). The summed E-state index contributed by atoms with van der Waals surface area (Å²) >= 11 is 0. The predicted octanol–water partition coefficient (Wildman–Crippen LogP) is 12.0. The Balaban J connectivity index is 1.25. The fraction of sp³-hybridized carbons (Fsp3) is 0.596. The van der Waals surface area contributed by atoms with E-state index in [4.69, 9.17) is 28.9 Å². The number of halogens is 1. The molecule has 0 N–H and O–H groups in total. The molecule has 1 saturated carbocycles. The minimum atomic E-state index is -2.09. The van der Waals surface area contributed by atoms with Gasteiger partial charge < -0.3 is 28.7 Å². The zero-order valence-corrected chi connectivity index (χ0v) is 40.4. The summed E-state index contributed by atoms with van der Waals surface area (Å²) in [6, 6.07) is 14.1. The van der Waals surface area contributed by atoms with Gasteiger partial charge in [-0.1, -0.05) is 71.7 Å². The smallest absolute Gasteiger partial charge is 0.410 e. The molecule has 1 aliphatic carbocycles. The molecule has 338 valence electrons. The van der Waals surface area contributed by atoms with Crippen LogP contribution >= 0.6 is 0 Å². The van der Waals surface area contributed by atoms with Crippen LogP contribution in [0.25, 0.3) is 32.8 Å². The number of amides is 1. The highest BCUT2D eigenvalue weighted by Gasteiger charge is 2.47. The maximum atomic E-state index is 17.9. The van der Waals surface area contributed by atoms with Crippen molar-refractivity contribution in [3.05, 3.63) is 59.5 Å². The molecule has 11 heteroatoms. The topological polar surface area (TPSA) is 86.2 Å². The molecule has 4 heterocycles. The van der Waals surface area contributed by atoms with Crippen molar-refractivity contribution in [2.75, 3.05) is 40.1 Å². The van der Waals surface area contributed by atoms with Gasteiger partial charge in [0.1, 0.15) is 24.9 Å². The van der Waals surface area contributed by atoms with E-state index in [-0.39, 0.29) is 47.8 Å². The molecule has 0 radical (unpaired) electrons. The van der Waals surface area contributed by atoms with E-state index in [1.165, 1.54) is 12.8 Å². The SMILES string of the molecule is COCOc1cc(-c2ccc3c(C4CC5CCC(C4)N5C(=O)OC(C)(C)C)nc(OCC4(CN5CCCC5)CC4)nc3c2F)c2c(C#C[Si](C(C)C)(C(C)C)C(C)C)cccc2c1. The number of nitrogens with zero attached hydrogens (tertiary/aromatic N) is 4. The molecule has 3 saturated heterocycles. The molecule has 3 aliphatic heterocycles. The zero-order chi connectivity index (χ0) is 44.8. The second kappa shape index (κ2) is 18.0. The molecule has 4 aliphatic rings. The van der Waals surface area contributed by atoms with Crippen LogP contribution in [-0.4, -0.2) is 91.8 Å². The van der Waals surface area contributed by atoms with Crippen molar-refractivity contribution in [2.45, 2.75) is 154 Å². The van der Waals surface area contributed by atoms with Gasteiger partial charge in [0, 0.05) is 59.0 Å². The predicted molar refractivity (Wildman–Crippen MR) is 253 cm³/mol. The summed E-state index contributed by atoms with van der Waals surface area (Å²) in [6.07, 6.45) is 7.65. The summed E-state index contributed by atoms with van der Waals surface area (Å²) in [5.74, 6) is 3.83. The lowest BCUT2D eigenvalue weighted by Crippen LogP contribution is -2.48. The minimum Gasteiger partial charge on any atom is -0.468 e. The van der Waals surface area contributed by atoms with E-state index in [0.29, 0.717) is 58.3 Å². The maximum absolute atomic E-state index is 17.9. The van der Waals surface area contributed by atoms with E-state index >= 15 is 4.39 Å². The minimum absolute atomic E-state index is 0.0143. The second-order valence-corrected chi connectivity index (χ2v) is 26.6. The molecule has 0 spiro atoms. The first-order chi connectivity index (χ1) is 30.0. The Bertz CT molecular complexity index is 2360. The number of likely N-dealkylation sites (tertiary alicyclic amines) is 1.